The predicted molar refractivity (Wildman–Crippen MR) is 119 cm³/mol. The number of fused-ring (bicyclic) bond motifs is 1. The van der Waals surface area contributed by atoms with Gasteiger partial charge in [-0.2, -0.15) is 5.10 Å². The van der Waals surface area contributed by atoms with E-state index < -0.39 is 0 Å². The maximum atomic E-state index is 5.63. The SMILES string of the molecule is CNCOCc1ccccc1Sc1ccc2c(/C=C/c3ccccn3)n[nH]c2c1. The molecule has 0 aliphatic carbocycles. The van der Waals surface area contributed by atoms with Gasteiger partial charge in [0.15, 0.2) is 0 Å². The molecule has 6 heteroatoms. The van der Waals surface area contributed by atoms with Gasteiger partial charge in [-0.25, -0.2) is 0 Å². The fourth-order valence-electron chi connectivity index (χ4n) is 2.96. The quantitative estimate of drug-likeness (QED) is 0.322. The van der Waals surface area contributed by atoms with E-state index in [1.165, 1.54) is 10.5 Å². The Kier molecular flexibility index (Phi) is 6.36. The molecule has 0 amide bonds. The number of hydrogen-bond acceptors (Lipinski definition) is 5. The highest BCUT2D eigenvalue weighted by atomic mass is 32.2. The third kappa shape index (κ3) is 4.92. The third-order valence-corrected chi connectivity index (χ3v) is 5.48. The smallest absolute Gasteiger partial charge is 0.0967 e. The van der Waals surface area contributed by atoms with Crippen molar-refractivity contribution in [2.75, 3.05) is 13.8 Å². The Morgan fingerprint density at radius 2 is 1.97 bits per heavy atom. The number of aromatic amines is 1. The Morgan fingerprint density at radius 3 is 2.83 bits per heavy atom. The molecule has 2 heterocycles. The van der Waals surface area contributed by atoms with Crippen LogP contribution in [0, 0.1) is 0 Å². The molecule has 2 aromatic carbocycles. The van der Waals surface area contributed by atoms with Gasteiger partial charge in [-0.05, 0) is 61.2 Å². The molecule has 4 rings (SSSR count). The molecule has 0 radical (unpaired) electrons. The van der Waals surface area contributed by atoms with Crippen LogP contribution in [0.5, 0.6) is 0 Å². The lowest BCUT2D eigenvalue weighted by Crippen LogP contribution is -2.11. The summed E-state index contributed by atoms with van der Waals surface area (Å²) in [5, 5.41) is 11.7. The van der Waals surface area contributed by atoms with E-state index in [1.54, 1.807) is 18.0 Å². The molecule has 146 valence electrons. The minimum Gasteiger partial charge on any atom is -0.362 e. The average Bonchev–Trinajstić information content (AvgIpc) is 3.17. The van der Waals surface area contributed by atoms with Crippen molar-refractivity contribution in [3.63, 3.8) is 0 Å². The Hall–Kier alpha value is -2.93. The summed E-state index contributed by atoms with van der Waals surface area (Å²) in [6, 6.07) is 20.6. The molecule has 5 nitrogen and oxygen atoms in total. The Balaban J connectivity index is 1.53. The minimum atomic E-state index is 0.536. The van der Waals surface area contributed by atoms with E-state index >= 15 is 0 Å². The van der Waals surface area contributed by atoms with Crippen LogP contribution in [0.2, 0.25) is 0 Å². The number of H-pyrrole nitrogens is 1. The third-order valence-electron chi connectivity index (χ3n) is 4.37. The van der Waals surface area contributed by atoms with Gasteiger partial charge in [0.05, 0.1) is 30.2 Å². The van der Waals surface area contributed by atoms with Crippen LogP contribution in [0.1, 0.15) is 17.0 Å². The standard InChI is InChI=1S/C23H22N4OS/c1-24-16-28-15-17-6-2-3-8-23(17)29-19-10-11-20-21(26-27-22(20)14-19)12-9-18-7-4-5-13-25-18/h2-14,24H,15-16H2,1H3,(H,26,27)/b12-9+. The molecule has 0 aliphatic heterocycles. The van der Waals surface area contributed by atoms with Crippen LogP contribution in [0.3, 0.4) is 0 Å². The van der Waals surface area contributed by atoms with Gasteiger partial charge in [-0.1, -0.05) is 36.0 Å². The molecule has 0 aliphatic rings. The minimum absolute atomic E-state index is 0.536. The number of pyridine rings is 1. The number of benzene rings is 2. The first-order valence-corrected chi connectivity index (χ1v) is 10.2. The normalized spacial score (nSPS) is 11.5. The second-order valence-electron chi connectivity index (χ2n) is 6.46. The largest absolute Gasteiger partial charge is 0.362 e. The average molecular weight is 403 g/mol. The molecule has 2 N–H and O–H groups in total. The van der Waals surface area contributed by atoms with Crippen molar-refractivity contribution in [2.45, 2.75) is 16.4 Å². The van der Waals surface area contributed by atoms with E-state index in [-0.39, 0.29) is 0 Å². The van der Waals surface area contributed by atoms with Crippen LogP contribution in [0.15, 0.2) is 76.7 Å². The van der Waals surface area contributed by atoms with Gasteiger partial charge in [-0.3, -0.25) is 15.4 Å². The van der Waals surface area contributed by atoms with Crippen LogP contribution in [-0.4, -0.2) is 29.0 Å². The molecule has 0 unspecified atom stereocenters. The molecule has 0 spiro atoms. The summed E-state index contributed by atoms with van der Waals surface area (Å²) in [5.41, 5.74) is 4.01. The molecule has 2 aromatic heterocycles. The molecule has 29 heavy (non-hydrogen) atoms. The monoisotopic (exact) mass is 402 g/mol. The van der Waals surface area contributed by atoms with Crippen molar-refractivity contribution >= 4 is 34.8 Å². The first-order valence-electron chi connectivity index (χ1n) is 9.39. The van der Waals surface area contributed by atoms with Crippen molar-refractivity contribution < 1.29 is 4.74 Å². The van der Waals surface area contributed by atoms with Gasteiger partial charge >= 0.3 is 0 Å². The molecule has 0 saturated carbocycles. The van der Waals surface area contributed by atoms with Crippen LogP contribution >= 0.6 is 11.8 Å². The Morgan fingerprint density at radius 1 is 1.07 bits per heavy atom. The molecular formula is C23H22N4OS. The van der Waals surface area contributed by atoms with E-state index in [2.05, 4.69) is 56.9 Å². The number of hydrogen-bond donors (Lipinski definition) is 2. The van der Waals surface area contributed by atoms with E-state index in [9.17, 15) is 0 Å². The maximum absolute atomic E-state index is 5.63. The summed E-state index contributed by atoms with van der Waals surface area (Å²) < 4.78 is 5.63. The zero-order valence-corrected chi connectivity index (χ0v) is 16.9. The summed E-state index contributed by atoms with van der Waals surface area (Å²) in [6.45, 7) is 1.12. The van der Waals surface area contributed by atoms with E-state index in [0.717, 1.165) is 27.2 Å². The summed E-state index contributed by atoms with van der Waals surface area (Å²) in [4.78, 5) is 6.66. The molecular weight excluding hydrogens is 380 g/mol. The molecule has 4 aromatic rings. The van der Waals surface area contributed by atoms with Crippen LogP contribution < -0.4 is 5.32 Å². The van der Waals surface area contributed by atoms with Gasteiger partial charge in [-0.15, -0.1) is 0 Å². The lowest BCUT2D eigenvalue weighted by Gasteiger charge is -2.10. The number of rotatable bonds is 8. The maximum Gasteiger partial charge on any atom is 0.0967 e. The predicted octanol–water partition coefficient (Wildman–Crippen LogP) is 4.97. The summed E-state index contributed by atoms with van der Waals surface area (Å²) in [7, 11) is 1.88. The van der Waals surface area contributed by atoms with E-state index in [4.69, 9.17) is 4.74 Å². The van der Waals surface area contributed by atoms with Gasteiger partial charge in [0.2, 0.25) is 0 Å². The van der Waals surface area contributed by atoms with Crippen molar-refractivity contribution in [3.8, 4) is 0 Å². The highest BCUT2D eigenvalue weighted by Gasteiger charge is 2.08. The van der Waals surface area contributed by atoms with Gasteiger partial charge in [0, 0.05) is 21.4 Å². The van der Waals surface area contributed by atoms with Crippen LogP contribution in [-0.2, 0) is 11.3 Å². The Bertz CT molecular complexity index is 1110. The second kappa shape index (κ2) is 9.52. The summed E-state index contributed by atoms with van der Waals surface area (Å²) >= 11 is 1.73. The van der Waals surface area contributed by atoms with E-state index in [1.807, 2.05) is 43.5 Å². The molecule has 0 bridgehead atoms. The topological polar surface area (TPSA) is 62.8 Å². The molecule has 0 fully saturated rings. The van der Waals surface area contributed by atoms with Crippen LogP contribution in [0.4, 0.5) is 0 Å². The number of ether oxygens (including phenoxy) is 1. The highest BCUT2D eigenvalue weighted by molar-refractivity contribution is 7.99. The lowest BCUT2D eigenvalue weighted by molar-refractivity contribution is 0.107. The van der Waals surface area contributed by atoms with Gasteiger partial charge < -0.3 is 4.74 Å². The number of aromatic nitrogens is 3. The second-order valence-corrected chi connectivity index (χ2v) is 7.58. The van der Waals surface area contributed by atoms with Crippen molar-refractivity contribution in [3.05, 3.63) is 83.8 Å². The highest BCUT2D eigenvalue weighted by Crippen LogP contribution is 2.33. The van der Waals surface area contributed by atoms with Gasteiger partial charge in [0.1, 0.15) is 0 Å². The van der Waals surface area contributed by atoms with Crippen molar-refractivity contribution in [2.24, 2.45) is 0 Å². The van der Waals surface area contributed by atoms with Crippen LogP contribution in [0.25, 0.3) is 23.1 Å². The lowest BCUT2D eigenvalue weighted by atomic mass is 10.2. The fraction of sp³-hybridized carbons (Fsp3) is 0.130. The number of nitrogens with zero attached hydrogens (tertiary/aromatic N) is 2. The molecule has 0 saturated heterocycles. The molecule has 0 atom stereocenters. The van der Waals surface area contributed by atoms with Gasteiger partial charge in [0.25, 0.3) is 0 Å². The first kappa shape index (κ1) is 19.4. The first-order chi connectivity index (χ1) is 14.3. The zero-order valence-electron chi connectivity index (χ0n) is 16.1. The Labute approximate surface area is 174 Å². The van der Waals surface area contributed by atoms with E-state index in [0.29, 0.717) is 13.3 Å². The summed E-state index contributed by atoms with van der Waals surface area (Å²) in [5.74, 6) is 0. The zero-order chi connectivity index (χ0) is 19.9. The summed E-state index contributed by atoms with van der Waals surface area (Å²) in [6.07, 6.45) is 5.75. The fourth-order valence-corrected chi connectivity index (χ4v) is 3.93. The van der Waals surface area contributed by atoms with Crippen molar-refractivity contribution in [1.82, 2.24) is 20.5 Å². The number of nitrogens with one attached hydrogen (secondary N) is 2. The van der Waals surface area contributed by atoms with Crippen molar-refractivity contribution in [1.29, 1.82) is 0 Å².